The molecule has 0 saturated heterocycles. The van der Waals surface area contributed by atoms with E-state index in [4.69, 9.17) is 41.5 Å². The van der Waals surface area contributed by atoms with Crippen molar-refractivity contribution in [3.05, 3.63) is 0 Å². The molecule has 0 amide bonds. The van der Waals surface area contributed by atoms with Crippen LogP contribution in [0.15, 0.2) is 0 Å². The van der Waals surface area contributed by atoms with Crippen molar-refractivity contribution in [3.8, 4) is 0 Å². The highest BCUT2D eigenvalue weighted by molar-refractivity contribution is 8.68. The maximum absolute atomic E-state index is 6.02. The second-order valence-electron chi connectivity index (χ2n) is 5.59. The molecule has 0 aliphatic carbocycles. The topological polar surface area (TPSA) is 36.9 Å². The van der Waals surface area contributed by atoms with Crippen LogP contribution in [0, 0.1) is 0 Å². The minimum Gasteiger partial charge on any atom is -0.319 e. The molecule has 0 aromatic rings. The zero-order valence-corrected chi connectivity index (χ0v) is 18.3. The van der Waals surface area contributed by atoms with Crippen LogP contribution in [0.1, 0.15) is 55.4 Å². The summed E-state index contributed by atoms with van der Waals surface area (Å²) in [5.74, 6) is 0. The van der Waals surface area contributed by atoms with Gasteiger partial charge in [-0.2, -0.15) is 0 Å². The van der Waals surface area contributed by atoms with E-state index in [-0.39, 0.29) is 23.6 Å². The van der Waals surface area contributed by atoms with E-state index in [1.54, 1.807) is 0 Å². The van der Waals surface area contributed by atoms with Gasteiger partial charge in [0.05, 0.1) is 18.3 Å². The predicted octanol–water partition coefficient (Wildman–Crippen LogP) is 5.87. The zero-order chi connectivity index (χ0) is 16.8. The van der Waals surface area contributed by atoms with E-state index < -0.39 is 12.4 Å². The van der Waals surface area contributed by atoms with Gasteiger partial charge in [0.25, 0.3) is 5.69 Å². The molecule has 4 nitrogen and oxygen atoms in total. The third-order valence-corrected chi connectivity index (χ3v) is 11.5. The van der Waals surface area contributed by atoms with Crippen LogP contribution in [-0.2, 0) is 41.5 Å². The van der Waals surface area contributed by atoms with E-state index >= 15 is 0 Å². The molecule has 0 bridgehead atoms. The molecule has 1 unspecified atom stereocenters. The van der Waals surface area contributed by atoms with Crippen molar-refractivity contribution in [3.63, 3.8) is 0 Å². The Morgan fingerprint density at radius 3 is 1.38 bits per heavy atom. The molecule has 0 radical (unpaired) electrons. The lowest BCUT2D eigenvalue weighted by atomic mass is 10.5. The van der Waals surface area contributed by atoms with E-state index in [1.807, 2.05) is 41.5 Å². The Hall–Kier alpha value is 1.49. The monoisotopic (exact) mass is 394 g/mol. The second kappa shape index (κ2) is 9.71. The molecule has 0 rings (SSSR count). The lowest BCUT2D eigenvalue weighted by Gasteiger charge is -2.32. The summed E-state index contributed by atoms with van der Waals surface area (Å²) in [6.07, 6.45) is -0.231. The predicted molar refractivity (Wildman–Crippen MR) is 101 cm³/mol. The highest BCUT2D eigenvalue weighted by atomic mass is 32.9. The molecule has 0 aliphatic heterocycles. The minimum absolute atomic E-state index is 0.0383. The maximum atomic E-state index is 6.02. The van der Waals surface area contributed by atoms with Gasteiger partial charge in [0.15, 0.2) is 0 Å². The third kappa shape index (κ3) is 10.8. The largest absolute Gasteiger partial charge is 0.333 e. The number of rotatable bonds is 10. The number of hydrogen-bond donors (Lipinski definition) is 0. The van der Waals surface area contributed by atoms with Crippen molar-refractivity contribution in [2.45, 2.75) is 79.0 Å². The first kappa shape index (κ1) is 22.5. The van der Waals surface area contributed by atoms with Gasteiger partial charge in [-0.05, 0) is 65.2 Å². The molecule has 0 aromatic heterocycles. The van der Waals surface area contributed by atoms with Crippen LogP contribution in [-0.4, -0.2) is 23.6 Å². The van der Waals surface area contributed by atoms with Crippen molar-refractivity contribution in [1.29, 1.82) is 0 Å². The van der Waals surface area contributed by atoms with Crippen LogP contribution in [0.2, 0.25) is 0 Å². The average Bonchev–Trinajstić information content (AvgIpc) is 2.07. The van der Waals surface area contributed by atoms with E-state index in [0.29, 0.717) is 0 Å². The zero-order valence-electron chi connectivity index (χ0n) is 14.1. The Labute approximate surface area is 144 Å². The van der Waals surface area contributed by atoms with Crippen LogP contribution >= 0.6 is 23.8 Å². The molecular weight excluding hydrogens is 366 g/mol. The highest BCUT2D eigenvalue weighted by Crippen LogP contribution is 2.73. The molecule has 0 N–H and O–H groups in total. The lowest BCUT2D eigenvalue weighted by Crippen LogP contribution is -2.10. The average molecular weight is 395 g/mol. The second-order valence-corrected chi connectivity index (χ2v) is 15.4. The van der Waals surface area contributed by atoms with Crippen molar-refractivity contribution in [1.82, 2.24) is 0 Å². The molecule has 21 heavy (non-hydrogen) atoms. The minimum atomic E-state index is -2.93. The highest BCUT2D eigenvalue weighted by Gasteiger charge is 2.35. The molecular formula is C12H28O4P2S3. The van der Waals surface area contributed by atoms with Gasteiger partial charge < -0.3 is 13.6 Å². The van der Waals surface area contributed by atoms with Gasteiger partial charge in [-0.1, -0.05) is 25.2 Å². The van der Waals surface area contributed by atoms with E-state index in [1.165, 1.54) is 11.4 Å². The summed E-state index contributed by atoms with van der Waals surface area (Å²) in [6.45, 7) is 12.6. The van der Waals surface area contributed by atoms with Crippen molar-refractivity contribution in [2.75, 3.05) is 0 Å². The quantitative estimate of drug-likeness (QED) is 0.429. The Kier molecular flexibility index (Phi) is 10.4. The van der Waals surface area contributed by atoms with Crippen molar-refractivity contribution in [2.24, 2.45) is 0 Å². The van der Waals surface area contributed by atoms with Crippen LogP contribution < -0.4 is 0 Å². The van der Waals surface area contributed by atoms with Gasteiger partial charge in [0.2, 0.25) is 0 Å². The summed E-state index contributed by atoms with van der Waals surface area (Å²) in [5.41, 5.74) is -2.62. The summed E-state index contributed by atoms with van der Waals surface area (Å²) < 4.78 is 23.4. The van der Waals surface area contributed by atoms with Crippen molar-refractivity contribution < 1.29 is 17.9 Å². The standard InChI is InChI=1S/C12H28O4P2S3/c1-9(2)13-17(19,14-10(3)4)16-18(20,15-11(5)6)21-12(7)8/h9-12H,1-8H3. The molecule has 128 valence electrons. The molecule has 0 saturated carbocycles. The first-order chi connectivity index (χ1) is 9.37. The van der Waals surface area contributed by atoms with Gasteiger partial charge in [-0.3, -0.25) is 0 Å². The molecule has 0 heterocycles. The summed E-state index contributed by atoms with van der Waals surface area (Å²) >= 11 is 12.7. The number of hydrogen-bond acceptors (Lipinski definition) is 7. The van der Waals surface area contributed by atoms with Gasteiger partial charge in [-0.15, -0.1) is 0 Å². The van der Waals surface area contributed by atoms with E-state index in [9.17, 15) is 0 Å². The summed E-state index contributed by atoms with van der Waals surface area (Å²) in [6, 6.07) is 0. The van der Waals surface area contributed by atoms with E-state index in [0.717, 1.165) is 0 Å². The SMILES string of the molecule is CC(C)OP(=S)(OC(C)C)OP(=S)(OC(C)C)SC(C)C. The lowest BCUT2D eigenvalue weighted by molar-refractivity contribution is 0.137. The van der Waals surface area contributed by atoms with Crippen LogP contribution in [0.25, 0.3) is 0 Å². The summed E-state index contributed by atoms with van der Waals surface area (Å²) in [4.78, 5) is 0. The van der Waals surface area contributed by atoms with Gasteiger partial charge in [0.1, 0.15) is 0 Å². The third-order valence-electron chi connectivity index (χ3n) is 1.56. The van der Waals surface area contributed by atoms with Crippen LogP contribution in [0.3, 0.4) is 0 Å². The fourth-order valence-electron chi connectivity index (χ4n) is 1.28. The Bertz CT molecular complexity index is 336. The van der Waals surface area contributed by atoms with Crippen molar-refractivity contribution >= 4 is 47.4 Å². The molecule has 0 fully saturated rings. The van der Waals surface area contributed by atoms with Gasteiger partial charge in [0, 0.05) is 5.25 Å². The first-order valence-corrected chi connectivity index (χ1v) is 13.7. The fourth-order valence-corrected chi connectivity index (χ4v) is 13.9. The summed E-state index contributed by atoms with van der Waals surface area (Å²) in [5, 5.41) is 0.274. The molecule has 0 aromatic carbocycles. The van der Waals surface area contributed by atoms with Gasteiger partial charge in [-0.25, -0.2) is 4.31 Å². The molecule has 1 atom stereocenters. The maximum Gasteiger partial charge on any atom is 0.333 e. The summed E-state index contributed by atoms with van der Waals surface area (Å²) in [7, 11) is 0. The fraction of sp³-hybridized carbons (Fsp3) is 1.00. The smallest absolute Gasteiger partial charge is 0.319 e. The van der Waals surface area contributed by atoms with Crippen LogP contribution in [0.4, 0.5) is 0 Å². The normalized spacial score (nSPS) is 16.2. The molecule has 9 heteroatoms. The Morgan fingerprint density at radius 1 is 0.714 bits per heavy atom. The van der Waals surface area contributed by atoms with Crippen LogP contribution in [0.5, 0.6) is 0 Å². The van der Waals surface area contributed by atoms with E-state index in [2.05, 4.69) is 13.8 Å². The van der Waals surface area contributed by atoms with Gasteiger partial charge >= 0.3 is 6.72 Å². The molecule has 0 spiro atoms. The first-order valence-electron chi connectivity index (χ1n) is 7.02. The Morgan fingerprint density at radius 2 is 1.10 bits per heavy atom. The Balaban J connectivity index is 5.29. The molecule has 0 aliphatic rings.